The van der Waals surface area contributed by atoms with Crippen molar-refractivity contribution < 1.29 is 9.53 Å². The van der Waals surface area contributed by atoms with Crippen molar-refractivity contribution in [2.45, 2.75) is 5.71 Å². The summed E-state index contributed by atoms with van der Waals surface area (Å²) in [5.41, 5.74) is 2.83. The Morgan fingerprint density at radius 1 is 1.50 bits per heavy atom. The second-order valence-corrected chi connectivity index (χ2v) is 4.58. The van der Waals surface area contributed by atoms with E-state index < -0.39 is 0 Å². The number of carbonyl (C=O) groups is 1. The molecule has 0 aliphatic heterocycles. The zero-order chi connectivity index (χ0) is 8.97. The average molecular weight is 226 g/mol. The second-order valence-electron chi connectivity index (χ2n) is 2.32. The molecule has 1 aromatic carbocycles. The monoisotopic (exact) mass is 226 g/mol. The Balaban J connectivity index is 2.93. The molecule has 0 aromatic heterocycles. The maximum atomic E-state index is 11.1. The molecule has 0 amide bonds. The van der Waals surface area contributed by atoms with Crippen molar-refractivity contribution in [2.24, 2.45) is 0 Å². The van der Waals surface area contributed by atoms with Crippen molar-refractivity contribution in [3.8, 4) is 0 Å². The molecule has 1 unspecified atom stereocenters. The first-order chi connectivity index (χ1) is 5.77. The van der Waals surface area contributed by atoms with Gasteiger partial charge in [0.15, 0.2) is 0 Å². The molecule has 3 heteroatoms. The summed E-state index contributed by atoms with van der Waals surface area (Å²) in [6.45, 7) is 0. The van der Waals surface area contributed by atoms with Crippen molar-refractivity contribution in [1.29, 1.82) is 0 Å². The van der Waals surface area contributed by atoms with Gasteiger partial charge in [0, 0.05) is 0 Å². The quantitative estimate of drug-likeness (QED) is 0.544. The Kier molecular flexibility index (Phi) is 3.36. The Bertz CT molecular complexity index is 284. The fourth-order valence-electron chi connectivity index (χ4n) is 0.920. The molecule has 2 nitrogen and oxygen atoms in total. The van der Waals surface area contributed by atoms with E-state index in [4.69, 9.17) is 0 Å². The first kappa shape index (κ1) is 9.34. The standard InChI is InChI=1S/C9H11AsO2/c1-10-8-5-3-4-7(6-8)9(11)12-2/h3-6,10H,1-2H3. The van der Waals surface area contributed by atoms with Crippen LogP contribution in [-0.4, -0.2) is 28.8 Å². The van der Waals surface area contributed by atoms with Gasteiger partial charge in [0.2, 0.25) is 0 Å². The molecule has 0 saturated carbocycles. The van der Waals surface area contributed by atoms with Crippen LogP contribution < -0.4 is 4.35 Å². The number of methoxy groups -OCH3 is 1. The van der Waals surface area contributed by atoms with Gasteiger partial charge in [-0.3, -0.25) is 0 Å². The summed E-state index contributed by atoms with van der Waals surface area (Å²) in [6, 6.07) is 7.63. The van der Waals surface area contributed by atoms with Gasteiger partial charge < -0.3 is 0 Å². The zero-order valence-electron chi connectivity index (χ0n) is 7.13. The van der Waals surface area contributed by atoms with Crippen LogP contribution in [0.3, 0.4) is 0 Å². The maximum absolute atomic E-state index is 11.1. The summed E-state index contributed by atoms with van der Waals surface area (Å²) in [4.78, 5) is 11.1. The molecule has 0 spiro atoms. The van der Waals surface area contributed by atoms with Crippen molar-refractivity contribution in [2.75, 3.05) is 7.11 Å². The zero-order valence-corrected chi connectivity index (χ0v) is 9.22. The Morgan fingerprint density at radius 2 is 2.25 bits per heavy atom. The van der Waals surface area contributed by atoms with E-state index >= 15 is 0 Å². The summed E-state index contributed by atoms with van der Waals surface area (Å²) in [6.07, 6.45) is 0. The van der Waals surface area contributed by atoms with Crippen LogP contribution >= 0.6 is 0 Å². The van der Waals surface area contributed by atoms with Crippen molar-refractivity contribution >= 4 is 26.1 Å². The van der Waals surface area contributed by atoms with Crippen molar-refractivity contribution in [1.82, 2.24) is 0 Å². The minimum atomic E-state index is -0.253. The number of benzene rings is 1. The van der Waals surface area contributed by atoms with E-state index in [2.05, 4.69) is 10.4 Å². The molecule has 0 aliphatic rings. The van der Waals surface area contributed by atoms with Crippen LogP contribution in [0.4, 0.5) is 0 Å². The van der Waals surface area contributed by atoms with Crippen LogP contribution in [-0.2, 0) is 4.74 Å². The van der Waals surface area contributed by atoms with E-state index in [-0.39, 0.29) is 21.7 Å². The van der Waals surface area contributed by atoms with E-state index in [9.17, 15) is 4.79 Å². The number of hydrogen-bond donors (Lipinski definition) is 0. The third-order valence-corrected chi connectivity index (χ3v) is 3.44. The average Bonchev–Trinajstić information content (AvgIpc) is 2.17. The molecule has 0 fully saturated rings. The van der Waals surface area contributed by atoms with Crippen LogP contribution in [0.2, 0.25) is 5.71 Å². The fraction of sp³-hybridized carbons (Fsp3) is 0.222. The molecule has 0 aliphatic carbocycles. The predicted molar refractivity (Wildman–Crippen MR) is 50.4 cm³/mol. The van der Waals surface area contributed by atoms with Gasteiger partial charge in [-0.1, -0.05) is 0 Å². The fourth-order valence-corrected chi connectivity index (χ4v) is 2.10. The van der Waals surface area contributed by atoms with Crippen LogP contribution in [0, 0.1) is 0 Å². The summed E-state index contributed by atoms with van der Waals surface area (Å²) in [5, 5.41) is 0. The third-order valence-electron chi connectivity index (χ3n) is 1.57. The van der Waals surface area contributed by atoms with Gasteiger partial charge in [0.25, 0.3) is 0 Å². The first-order valence-electron chi connectivity index (χ1n) is 3.64. The van der Waals surface area contributed by atoms with Crippen LogP contribution in [0.5, 0.6) is 0 Å². The van der Waals surface area contributed by atoms with Gasteiger partial charge in [0.1, 0.15) is 0 Å². The Labute approximate surface area is 78.6 Å². The minimum absolute atomic E-state index is 0.0662. The molecule has 0 radical (unpaired) electrons. The van der Waals surface area contributed by atoms with E-state index in [0.29, 0.717) is 5.56 Å². The number of esters is 1. The first-order valence-corrected chi connectivity index (χ1v) is 6.78. The molecule has 1 atom stereocenters. The summed E-state index contributed by atoms with van der Waals surface area (Å²) >= 11 is -0.0662. The molecular formula is C9H11AsO2. The van der Waals surface area contributed by atoms with Crippen LogP contribution in [0.25, 0.3) is 0 Å². The Hall–Kier alpha value is -0.752. The van der Waals surface area contributed by atoms with Crippen molar-refractivity contribution in [3.05, 3.63) is 29.8 Å². The number of hydrogen-bond acceptors (Lipinski definition) is 2. The Morgan fingerprint density at radius 3 is 2.83 bits per heavy atom. The van der Waals surface area contributed by atoms with Gasteiger partial charge in [0.05, 0.1) is 0 Å². The second kappa shape index (κ2) is 4.32. The summed E-state index contributed by atoms with van der Waals surface area (Å²) in [7, 11) is 1.40. The van der Waals surface area contributed by atoms with E-state index in [1.54, 1.807) is 6.07 Å². The van der Waals surface area contributed by atoms with Crippen LogP contribution in [0.15, 0.2) is 24.3 Å². The molecule has 1 aromatic rings. The molecule has 0 N–H and O–H groups in total. The van der Waals surface area contributed by atoms with Crippen LogP contribution in [0.1, 0.15) is 10.4 Å². The topological polar surface area (TPSA) is 26.3 Å². The van der Waals surface area contributed by atoms with E-state index in [1.165, 1.54) is 11.5 Å². The van der Waals surface area contributed by atoms with E-state index in [0.717, 1.165) is 0 Å². The van der Waals surface area contributed by atoms with Crippen molar-refractivity contribution in [3.63, 3.8) is 0 Å². The van der Waals surface area contributed by atoms with Gasteiger partial charge in [-0.15, -0.1) is 0 Å². The van der Waals surface area contributed by atoms with Gasteiger partial charge in [-0.05, 0) is 0 Å². The normalized spacial score (nSPS) is 10.5. The van der Waals surface area contributed by atoms with E-state index in [1.807, 2.05) is 18.2 Å². The molecule has 0 saturated heterocycles. The molecule has 64 valence electrons. The van der Waals surface area contributed by atoms with Gasteiger partial charge in [-0.2, -0.15) is 0 Å². The number of rotatable bonds is 2. The van der Waals surface area contributed by atoms with Gasteiger partial charge >= 0.3 is 78.3 Å². The SMILES string of the molecule is COC(=O)c1cccc([AsH]C)c1. The molecule has 1 rings (SSSR count). The predicted octanol–water partition coefficient (Wildman–Crippen LogP) is 0.583. The molecule has 0 bridgehead atoms. The molecular weight excluding hydrogens is 215 g/mol. The number of ether oxygens (including phenoxy) is 1. The molecule has 0 heterocycles. The summed E-state index contributed by atoms with van der Waals surface area (Å²) in [5.74, 6) is -0.253. The summed E-state index contributed by atoms with van der Waals surface area (Å²) < 4.78 is 5.89. The third kappa shape index (κ3) is 2.12. The number of carbonyl (C=O) groups excluding carboxylic acids is 1. The van der Waals surface area contributed by atoms with Gasteiger partial charge in [-0.25, -0.2) is 0 Å². The molecule has 12 heavy (non-hydrogen) atoms.